The molecule has 17 heavy (non-hydrogen) atoms. The summed E-state index contributed by atoms with van der Waals surface area (Å²) < 4.78 is 0. The standard InChI is InChI=1S/C14H18N2O/c1-2-7-14(17,10-15)13-5-3-4-11-6-8-16-9-12(11)13/h3-6,8-9,17H,2,7,10,15H2,1H3. The van der Waals surface area contributed by atoms with Crippen molar-refractivity contribution in [3.8, 4) is 0 Å². The van der Waals surface area contributed by atoms with E-state index in [4.69, 9.17) is 5.73 Å². The molecule has 0 aliphatic rings. The summed E-state index contributed by atoms with van der Waals surface area (Å²) in [5.41, 5.74) is 5.68. The molecule has 1 atom stereocenters. The maximum atomic E-state index is 10.6. The molecular formula is C14H18N2O. The summed E-state index contributed by atoms with van der Waals surface area (Å²) in [6.07, 6.45) is 5.11. The zero-order chi connectivity index (χ0) is 12.3. The fourth-order valence-electron chi connectivity index (χ4n) is 2.28. The minimum atomic E-state index is -0.947. The molecular weight excluding hydrogens is 212 g/mol. The van der Waals surface area contributed by atoms with E-state index in [0.29, 0.717) is 6.42 Å². The van der Waals surface area contributed by atoms with Crippen molar-refractivity contribution in [2.75, 3.05) is 6.54 Å². The minimum absolute atomic E-state index is 0.231. The molecule has 3 N–H and O–H groups in total. The van der Waals surface area contributed by atoms with Gasteiger partial charge in [-0.1, -0.05) is 31.5 Å². The molecule has 1 aromatic carbocycles. The molecule has 3 nitrogen and oxygen atoms in total. The van der Waals surface area contributed by atoms with Crippen molar-refractivity contribution in [1.29, 1.82) is 0 Å². The lowest BCUT2D eigenvalue weighted by Gasteiger charge is -2.27. The first-order chi connectivity index (χ1) is 8.21. The zero-order valence-corrected chi connectivity index (χ0v) is 10.1. The SMILES string of the molecule is CCCC(O)(CN)c1cccc2ccncc12. The average Bonchev–Trinajstić information content (AvgIpc) is 2.38. The van der Waals surface area contributed by atoms with E-state index < -0.39 is 5.60 Å². The van der Waals surface area contributed by atoms with E-state index in [1.165, 1.54) is 0 Å². The van der Waals surface area contributed by atoms with Gasteiger partial charge >= 0.3 is 0 Å². The monoisotopic (exact) mass is 230 g/mol. The highest BCUT2D eigenvalue weighted by atomic mass is 16.3. The molecule has 1 heterocycles. The lowest BCUT2D eigenvalue weighted by molar-refractivity contribution is 0.0374. The normalized spacial score (nSPS) is 14.8. The summed E-state index contributed by atoms with van der Waals surface area (Å²) in [5.74, 6) is 0. The maximum absolute atomic E-state index is 10.6. The Kier molecular flexibility index (Phi) is 3.41. The van der Waals surface area contributed by atoms with Crippen LogP contribution in [0.15, 0.2) is 36.7 Å². The zero-order valence-electron chi connectivity index (χ0n) is 10.1. The third kappa shape index (κ3) is 2.16. The van der Waals surface area contributed by atoms with E-state index in [0.717, 1.165) is 22.8 Å². The van der Waals surface area contributed by atoms with Crippen LogP contribution in [0.3, 0.4) is 0 Å². The number of nitrogens with two attached hydrogens (primary N) is 1. The van der Waals surface area contributed by atoms with Crippen molar-refractivity contribution in [3.63, 3.8) is 0 Å². The molecule has 0 aliphatic heterocycles. The van der Waals surface area contributed by atoms with Gasteiger partial charge in [-0.15, -0.1) is 0 Å². The van der Waals surface area contributed by atoms with Crippen LogP contribution in [0.2, 0.25) is 0 Å². The summed E-state index contributed by atoms with van der Waals surface area (Å²) in [7, 11) is 0. The van der Waals surface area contributed by atoms with E-state index in [2.05, 4.69) is 4.98 Å². The van der Waals surface area contributed by atoms with Crippen LogP contribution < -0.4 is 5.73 Å². The number of nitrogens with zero attached hydrogens (tertiary/aromatic N) is 1. The third-order valence-electron chi connectivity index (χ3n) is 3.19. The number of rotatable bonds is 4. The molecule has 0 radical (unpaired) electrons. The lowest BCUT2D eigenvalue weighted by atomic mass is 9.86. The second-order valence-electron chi connectivity index (χ2n) is 4.39. The van der Waals surface area contributed by atoms with Gasteiger partial charge in [0.15, 0.2) is 0 Å². The second kappa shape index (κ2) is 4.82. The summed E-state index contributed by atoms with van der Waals surface area (Å²) in [4.78, 5) is 4.13. The summed E-state index contributed by atoms with van der Waals surface area (Å²) in [6.45, 7) is 2.28. The molecule has 0 spiro atoms. The van der Waals surface area contributed by atoms with Crippen LogP contribution in [0.4, 0.5) is 0 Å². The predicted molar refractivity (Wildman–Crippen MR) is 69.6 cm³/mol. The van der Waals surface area contributed by atoms with Gasteiger partial charge in [-0.05, 0) is 23.4 Å². The first kappa shape index (κ1) is 12.0. The van der Waals surface area contributed by atoms with Crippen LogP contribution in [-0.4, -0.2) is 16.6 Å². The first-order valence-corrected chi connectivity index (χ1v) is 5.97. The van der Waals surface area contributed by atoms with Gasteiger partial charge in [-0.3, -0.25) is 4.98 Å². The molecule has 1 unspecified atom stereocenters. The van der Waals surface area contributed by atoms with E-state index in [1.54, 1.807) is 12.4 Å². The fourth-order valence-corrected chi connectivity index (χ4v) is 2.28. The van der Waals surface area contributed by atoms with Gasteiger partial charge < -0.3 is 10.8 Å². The van der Waals surface area contributed by atoms with Gasteiger partial charge in [0.1, 0.15) is 5.60 Å². The summed E-state index contributed by atoms with van der Waals surface area (Å²) >= 11 is 0. The number of benzene rings is 1. The highest BCUT2D eigenvalue weighted by Gasteiger charge is 2.28. The van der Waals surface area contributed by atoms with E-state index in [9.17, 15) is 5.11 Å². The quantitative estimate of drug-likeness (QED) is 0.846. The number of hydrogen-bond acceptors (Lipinski definition) is 3. The highest BCUT2D eigenvalue weighted by Crippen LogP contribution is 2.31. The molecule has 1 aromatic heterocycles. The van der Waals surface area contributed by atoms with E-state index in [1.807, 2.05) is 31.2 Å². The number of hydrogen-bond donors (Lipinski definition) is 2. The number of aliphatic hydroxyl groups is 1. The molecule has 3 heteroatoms. The van der Waals surface area contributed by atoms with Crippen molar-refractivity contribution < 1.29 is 5.11 Å². The summed E-state index contributed by atoms with van der Waals surface area (Å²) in [6, 6.07) is 7.85. The van der Waals surface area contributed by atoms with E-state index >= 15 is 0 Å². The van der Waals surface area contributed by atoms with Crippen molar-refractivity contribution in [3.05, 3.63) is 42.2 Å². The minimum Gasteiger partial charge on any atom is -0.384 e. The summed E-state index contributed by atoms with van der Waals surface area (Å²) in [5, 5.41) is 12.7. The molecule has 0 saturated heterocycles. The molecule has 0 aliphatic carbocycles. The highest BCUT2D eigenvalue weighted by molar-refractivity contribution is 5.85. The molecule has 2 aromatic rings. The van der Waals surface area contributed by atoms with Crippen LogP contribution in [0.25, 0.3) is 10.8 Å². The molecule has 0 saturated carbocycles. The predicted octanol–water partition coefficient (Wildman–Crippen LogP) is 2.18. The Morgan fingerprint density at radius 2 is 2.18 bits per heavy atom. The first-order valence-electron chi connectivity index (χ1n) is 5.97. The van der Waals surface area contributed by atoms with Crippen molar-refractivity contribution >= 4 is 10.8 Å². The number of fused-ring (bicyclic) bond motifs is 1. The molecule has 90 valence electrons. The Hall–Kier alpha value is -1.45. The molecule has 0 fully saturated rings. The fraction of sp³-hybridized carbons (Fsp3) is 0.357. The second-order valence-corrected chi connectivity index (χ2v) is 4.39. The topological polar surface area (TPSA) is 59.1 Å². The van der Waals surface area contributed by atoms with Crippen LogP contribution in [0.5, 0.6) is 0 Å². The van der Waals surface area contributed by atoms with Gasteiger partial charge in [0.25, 0.3) is 0 Å². The smallest absolute Gasteiger partial charge is 0.102 e. The number of aromatic nitrogens is 1. The van der Waals surface area contributed by atoms with Gasteiger partial charge in [0, 0.05) is 24.3 Å². The largest absolute Gasteiger partial charge is 0.384 e. The van der Waals surface area contributed by atoms with Crippen LogP contribution in [-0.2, 0) is 5.60 Å². The van der Waals surface area contributed by atoms with Gasteiger partial charge in [-0.25, -0.2) is 0 Å². The van der Waals surface area contributed by atoms with E-state index in [-0.39, 0.29) is 6.54 Å². The molecule has 2 rings (SSSR count). The van der Waals surface area contributed by atoms with Gasteiger partial charge in [0.2, 0.25) is 0 Å². The number of pyridine rings is 1. The lowest BCUT2D eigenvalue weighted by Crippen LogP contribution is -2.34. The van der Waals surface area contributed by atoms with Crippen LogP contribution >= 0.6 is 0 Å². The van der Waals surface area contributed by atoms with Crippen molar-refractivity contribution in [2.45, 2.75) is 25.4 Å². The van der Waals surface area contributed by atoms with Gasteiger partial charge in [-0.2, -0.15) is 0 Å². The Bertz CT molecular complexity index is 507. The Labute approximate surface area is 101 Å². The molecule has 0 bridgehead atoms. The maximum Gasteiger partial charge on any atom is 0.102 e. The Morgan fingerprint density at radius 3 is 2.88 bits per heavy atom. The third-order valence-corrected chi connectivity index (χ3v) is 3.19. The Balaban J connectivity index is 2.61. The average molecular weight is 230 g/mol. The van der Waals surface area contributed by atoms with Crippen LogP contribution in [0, 0.1) is 0 Å². The van der Waals surface area contributed by atoms with Crippen molar-refractivity contribution in [1.82, 2.24) is 4.98 Å². The van der Waals surface area contributed by atoms with Gasteiger partial charge in [0.05, 0.1) is 0 Å². The Morgan fingerprint density at radius 1 is 1.35 bits per heavy atom. The van der Waals surface area contributed by atoms with Crippen LogP contribution in [0.1, 0.15) is 25.3 Å². The van der Waals surface area contributed by atoms with Crippen molar-refractivity contribution in [2.24, 2.45) is 5.73 Å². The molecule has 0 amide bonds.